The lowest BCUT2D eigenvalue weighted by atomic mass is 10.0. The molecule has 2 aliphatic heterocycles. The highest BCUT2D eigenvalue weighted by atomic mass is 35.5. The SMILES string of the molecule is CC(C)c1ccc(/C=C2\S[C@@]3(C(=O)Nc4ccccc43)N(c3ccc(Cl)cc3)C2=O)cc1. The van der Waals surface area contributed by atoms with Crippen LogP contribution in [-0.4, -0.2) is 11.8 Å². The Kier molecular flexibility index (Phi) is 5.11. The standard InChI is InChI=1S/C26H21ClN2O2S/c1-16(2)18-9-7-17(8-10-18)15-23-24(30)29(20-13-11-19(27)12-14-20)26(32-23)21-5-3-4-6-22(21)28-25(26)31/h3-16H,1-2H3,(H,28,31)/b23-15-/t26-/m0/s1. The minimum atomic E-state index is -1.20. The number of fused-ring (bicyclic) bond motifs is 2. The molecule has 0 unspecified atom stereocenters. The predicted octanol–water partition coefficient (Wildman–Crippen LogP) is 6.39. The Morgan fingerprint density at radius 2 is 1.66 bits per heavy atom. The molecule has 0 saturated carbocycles. The van der Waals surface area contributed by atoms with E-state index in [-0.39, 0.29) is 11.8 Å². The summed E-state index contributed by atoms with van der Waals surface area (Å²) in [5.41, 5.74) is 4.28. The molecule has 1 spiro atoms. The Hall–Kier alpha value is -3.02. The molecule has 0 aromatic heterocycles. The van der Waals surface area contributed by atoms with Crippen molar-refractivity contribution in [3.8, 4) is 0 Å². The van der Waals surface area contributed by atoms with Crippen molar-refractivity contribution in [1.29, 1.82) is 0 Å². The monoisotopic (exact) mass is 460 g/mol. The maximum Gasteiger partial charge on any atom is 0.266 e. The molecule has 1 fully saturated rings. The van der Waals surface area contributed by atoms with E-state index in [1.807, 2.05) is 42.5 Å². The number of carbonyl (C=O) groups is 2. The third-order valence-corrected chi connectivity index (χ3v) is 7.47. The summed E-state index contributed by atoms with van der Waals surface area (Å²) in [6, 6.07) is 22.7. The van der Waals surface area contributed by atoms with Crippen molar-refractivity contribution < 1.29 is 9.59 Å². The lowest BCUT2D eigenvalue weighted by molar-refractivity contribution is -0.121. The van der Waals surface area contributed by atoms with E-state index in [9.17, 15) is 9.59 Å². The van der Waals surface area contributed by atoms with Gasteiger partial charge in [-0.25, -0.2) is 0 Å². The molecule has 0 aliphatic carbocycles. The number of amides is 2. The molecule has 32 heavy (non-hydrogen) atoms. The number of para-hydroxylation sites is 1. The van der Waals surface area contributed by atoms with Crippen LogP contribution in [0, 0.1) is 0 Å². The van der Waals surface area contributed by atoms with Gasteiger partial charge in [-0.1, -0.05) is 79.7 Å². The molecule has 0 radical (unpaired) electrons. The number of hydrogen-bond donors (Lipinski definition) is 1. The molecule has 2 amide bonds. The van der Waals surface area contributed by atoms with Crippen LogP contribution in [0.15, 0.2) is 77.7 Å². The van der Waals surface area contributed by atoms with E-state index in [2.05, 4.69) is 31.3 Å². The highest BCUT2D eigenvalue weighted by Crippen LogP contribution is 2.57. The van der Waals surface area contributed by atoms with E-state index in [4.69, 9.17) is 11.6 Å². The topological polar surface area (TPSA) is 49.4 Å². The zero-order valence-electron chi connectivity index (χ0n) is 17.6. The second kappa shape index (κ2) is 7.84. The Labute approximate surface area is 196 Å². The lowest BCUT2D eigenvalue weighted by Gasteiger charge is -2.31. The average Bonchev–Trinajstić information content (AvgIpc) is 3.23. The Morgan fingerprint density at radius 3 is 2.34 bits per heavy atom. The van der Waals surface area contributed by atoms with Crippen molar-refractivity contribution in [1.82, 2.24) is 0 Å². The number of thioether (sulfide) groups is 1. The summed E-state index contributed by atoms with van der Waals surface area (Å²) < 4.78 is 0. The summed E-state index contributed by atoms with van der Waals surface area (Å²) in [6.45, 7) is 4.29. The Morgan fingerprint density at radius 1 is 0.969 bits per heavy atom. The molecule has 0 bridgehead atoms. The van der Waals surface area contributed by atoms with Gasteiger partial charge in [0.1, 0.15) is 0 Å². The zero-order valence-corrected chi connectivity index (χ0v) is 19.2. The van der Waals surface area contributed by atoms with Crippen molar-refractivity contribution in [2.75, 3.05) is 10.2 Å². The van der Waals surface area contributed by atoms with Crippen molar-refractivity contribution in [2.45, 2.75) is 24.6 Å². The van der Waals surface area contributed by atoms with Gasteiger partial charge in [0, 0.05) is 22.0 Å². The van der Waals surface area contributed by atoms with Crippen molar-refractivity contribution in [3.63, 3.8) is 0 Å². The molecule has 2 aliphatic rings. The summed E-state index contributed by atoms with van der Waals surface area (Å²) >= 11 is 7.37. The van der Waals surface area contributed by atoms with Crippen molar-refractivity contribution in [3.05, 3.63) is 99.4 Å². The minimum Gasteiger partial charge on any atom is -0.323 e. The second-order valence-corrected chi connectivity index (χ2v) is 9.86. The fourth-order valence-corrected chi connectivity index (χ4v) is 5.68. The first-order valence-corrected chi connectivity index (χ1v) is 11.6. The van der Waals surface area contributed by atoms with E-state index in [0.717, 1.165) is 16.8 Å². The third kappa shape index (κ3) is 3.24. The smallest absolute Gasteiger partial charge is 0.266 e. The number of hydrogen-bond acceptors (Lipinski definition) is 3. The average molecular weight is 461 g/mol. The van der Waals surface area contributed by atoms with Crippen LogP contribution in [0.25, 0.3) is 6.08 Å². The molecule has 3 aromatic carbocycles. The number of carbonyl (C=O) groups excluding carboxylic acids is 2. The van der Waals surface area contributed by atoms with Gasteiger partial charge < -0.3 is 5.32 Å². The molecule has 1 N–H and O–H groups in total. The van der Waals surface area contributed by atoms with Crippen LogP contribution in [0.2, 0.25) is 5.02 Å². The van der Waals surface area contributed by atoms with Crippen LogP contribution in [0.1, 0.15) is 36.5 Å². The number of nitrogens with one attached hydrogen (secondary N) is 1. The van der Waals surface area contributed by atoms with E-state index < -0.39 is 4.87 Å². The van der Waals surface area contributed by atoms with Crippen LogP contribution < -0.4 is 10.2 Å². The molecule has 1 saturated heterocycles. The fourth-order valence-electron chi connectivity index (χ4n) is 4.15. The summed E-state index contributed by atoms with van der Waals surface area (Å²) in [5.74, 6) is -0.00999. The Balaban J connectivity index is 1.65. The second-order valence-electron chi connectivity index (χ2n) is 8.19. The first kappa shape index (κ1) is 20.9. The van der Waals surface area contributed by atoms with E-state index in [1.165, 1.54) is 17.3 Å². The summed E-state index contributed by atoms with van der Waals surface area (Å²) in [6.07, 6.45) is 1.86. The molecule has 1 atom stereocenters. The maximum absolute atomic E-state index is 13.7. The predicted molar refractivity (Wildman–Crippen MR) is 132 cm³/mol. The Bertz CT molecular complexity index is 1250. The summed E-state index contributed by atoms with van der Waals surface area (Å²) in [7, 11) is 0. The molecule has 6 heteroatoms. The zero-order chi connectivity index (χ0) is 22.5. The van der Waals surface area contributed by atoms with E-state index >= 15 is 0 Å². The van der Waals surface area contributed by atoms with E-state index in [1.54, 1.807) is 29.2 Å². The maximum atomic E-state index is 13.7. The van der Waals surface area contributed by atoms with Crippen LogP contribution in [-0.2, 0) is 14.5 Å². The number of halogens is 1. The van der Waals surface area contributed by atoms with Gasteiger partial charge in [-0.2, -0.15) is 0 Å². The highest BCUT2D eigenvalue weighted by Gasteiger charge is 2.60. The van der Waals surface area contributed by atoms with Gasteiger partial charge in [0.15, 0.2) is 0 Å². The highest BCUT2D eigenvalue weighted by molar-refractivity contribution is 8.06. The molecule has 3 aromatic rings. The molecule has 2 heterocycles. The number of nitrogens with zero attached hydrogens (tertiary/aromatic N) is 1. The number of benzene rings is 3. The first-order valence-electron chi connectivity index (χ1n) is 10.4. The number of anilines is 2. The quantitative estimate of drug-likeness (QED) is 0.461. The van der Waals surface area contributed by atoms with E-state index in [0.29, 0.717) is 21.5 Å². The first-order chi connectivity index (χ1) is 15.4. The molecule has 160 valence electrons. The van der Waals surface area contributed by atoms with Crippen LogP contribution >= 0.6 is 23.4 Å². The van der Waals surface area contributed by atoms with Gasteiger partial charge >= 0.3 is 0 Å². The normalized spacial score (nSPS) is 21.0. The molecular formula is C26H21ClN2O2S. The van der Waals surface area contributed by atoms with Crippen LogP contribution in [0.5, 0.6) is 0 Å². The molecule has 5 rings (SSSR count). The lowest BCUT2D eigenvalue weighted by Crippen LogP contribution is -2.47. The van der Waals surface area contributed by atoms with Crippen molar-refractivity contribution in [2.24, 2.45) is 0 Å². The molecular weight excluding hydrogens is 440 g/mol. The van der Waals surface area contributed by atoms with Crippen molar-refractivity contribution >= 4 is 52.6 Å². The summed E-state index contributed by atoms with van der Waals surface area (Å²) in [4.78, 5) is 28.0. The minimum absolute atomic E-state index is 0.211. The van der Waals surface area contributed by atoms with Gasteiger partial charge in [-0.15, -0.1) is 0 Å². The largest absolute Gasteiger partial charge is 0.323 e. The van der Waals surface area contributed by atoms with Gasteiger partial charge in [-0.05, 0) is 53.5 Å². The van der Waals surface area contributed by atoms with Crippen LogP contribution in [0.3, 0.4) is 0 Å². The van der Waals surface area contributed by atoms with Crippen LogP contribution in [0.4, 0.5) is 11.4 Å². The fraction of sp³-hybridized carbons (Fsp3) is 0.154. The number of rotatable bonds is 3. The van der Waals surface area contributed by atoms with Gasteiger partial charge in [0.25, 0.3) is 11.8 Å². The summed E-state index contributed by atoms with van der Waals surface area (Å²) in [5, 5.41) is 3.53. The third-order valence-electron chi connectivity index (χ3n) is 5.82. The molecule has 4 nitrogen and oxygen atoms in total. The van der Waals surface area contributed by atoms with Gasteiger partial charge in [0.2, 0.25) is 4.87 Å². The van der Waals surface area contributed by atoms with Gasteiger partial charge in [0.05, 0.1) is 4.91 Å². The van der Waals surface area contributed by atoms with Gasteiger partial charge in [-0.3, -0.25) is 14.5 Å².